The van der Waals surface area contributed by atoms with Crippen molar-refractivity contribution in [2.45, 2.75) is 77.8 Å². The van der Waals surface area contributed by atoms with Gasteiger partial charge in [0.1, 0.15) is 23.4 Å². The number of hydrogen-bond acceptors (Lipinski definition) is 11. The summed E-state index contributed by atoms with van der Waals surface area (Å²) in [5.74, 6) is 2.89. The number of aliphatic hydroxyl groups is 1. The molecule has 4 heterocycles. The number of hydrogen-bond donors (Lipinski definition) is 3. The molecule has 0 radical (unpaired) electrons. The Morgan fingerprint density at radius 3 is 2.15 bits per heavy atom. The van der Waals surface area contributed by atoms with Crippen molar-refractivity contribution >= 4 is 23.4 Å². The van der Waals surface area contributed by atoms with Crippen LogP contribution in [0.1, 0.15) is 73.6 Å². The Morgan fingerprint density at radius 1 is 0.981 bits per heavy atom. The number of piperidine rings is 1. The Kier molecular flexibility index (Phi) is 11.8. The minimum Gasteiger partial charge on any atom is -0.497 e. The van der Waals surface area contributed by atoms with E-state index < -0.39 is 12.2 Å². The number of carbonyl (C=O) groups is 1. The molecule has 2 atom stereocenters. The number of nitrogens with zero attached hydrogens (tertiary/aromatic N) is 7. The number of aromatic nitrogens is 5. The first kappa shape index (κ1) is 37.1. The molecule has 3 N–H and O–H groups in total. The van der Waals surface area contributed by atoms with Crippen LogP contribution in [-0.2, 0) is 13.1 Å². The molecule has 2 aromatic carbocycles. The zero-order valence-electron chi connectivity index (χ0n) is 30.9. The van der Waals surface area contributed by atoms with Gasteiger partial charge in [-0.3, -0.25) is 0 Å². The summed E-state index contributed by atoms with van der Waals surface area (Å²) in [6.07, 6.45) is 4.20. The zero-order chi connectivity index (χ0) is 37.5. The number of benzene rings is 2. The second-order valence-electron chi connectivity index (χ2n) is 13.4. The van der Waals surface area contributed by atoms with Gasteiger partial charge < -0.3 is 39.5 Å². The molecular weight excluding hydrogens is 676 g/mol. The van der Waals surface area contributed by atoms with Crippen LogP contribution in [-0.4, -0.2) is 80.3 Å². The van der Waals surface area contributed by atoms with Gasteiger partial charge >= 0.3 is 12.1 Å². The van der Waals surface area contributed by atoms with Gasteiger partial charge in [0, 0.05) is 44.0 Å². The summed E-state index contributed by atoms with van der Waals surface area (Å²) in [5, 5.41) is 28.3. The smallest absolute Gasteiger partial charge is 0.404 e. The van der Waals surface area contributed by atoms with Crippen molar-refractivity contribution in [3.63, 3.8) is 0 Å². The fourth-order valence-electron chi connectivity index (χ4n) is 6.72. The third kappa shape index (κ3) is 8.88. The van der Waals surface area contributed by atoms with Crippen LogP contribution in [0, 0.1) is 6.92 Å². The van der Waals surface area contributed by atoms with Gasteiger partial charge in [-0.15, -0.1) is 5.10 Å². The lowest BCUT2D eigenvalue weighted by atomic mass is 10.0. The van der Waals surface area contributed by atoms with Crippen molar-refractivity contribution in [1.82, 2.24) is 29.9 Å². The van der Waals surface area contributed by atoms with E-state index in [0.717, 1.165) is 46.8 Å². The first-order chi connectivity index (χ1) is 25.6. The number of amides is 1. The second-order valence-corrected chi connectivity index (χ2v) is 13.4. The number of methoxy groups -OCH3 is 2. The lowest BCUT2D eigenvalue weighted by molar-refractivity contribution is 0.186. The van der Waals surface area contributed by atoms with Crippen LogP contribution >= 0.6 is 0 Å². The van der Waals surface area contributed by atoms with E-state index in [0.29, 0.717) is 61.7 Å². The summed E-state index contributed by atoms with van der Waals surface area (Å²) >= 11 is 0. The molecule has 1 amide bonds. The highest BCUT2D eigenvalue weighted by Crippen LogP contribution is 2.31. The van der Waals surface area contributed by atoms with E-state index in [4.69, 9.17) is 39.4 Å². The second kappa shape index (κ2) is 16.8. The van der Waals surface area contributed by atoms with Crippen molar-refractivity contribution in [3.8, 4) is 17.5 Å². The van der Waals surface area contributed by atoms with E-state index in [1.165, 1.54) is 0 Å². The van der Waals surface area contributed by atoms with Crippen LogP contribution in [0.2, 0.25) is 0 Å². The molecule has 0 aliphatic carbocycles. The van der Waals surface area contributed by atoms with Crippen LogP contribution in [0.5, 0.6) is 17.5 Å². The number of aryl methyl sites for hydroxylation is 1. The number of anilines is 2. The summed E-state index contributed by atoms with van der Waals surface area (Å²) in [5.41, 5.74) is 4.47. The highest BCUT2D eigenvalue weighted by atomic mass is 16.5. The molecular formula is C39H48N8O6. The predicted molar refractivity (Wildman–Crippen MR) is 201 cm³/mol. The summed E-state index contributed by atoms with van der Waals surface area (Å²) in [6, 6.07) is 17.8. The van der Waals surface area contributed by atoms with Gasteiger partial charge in [-0.1, -0.05) is 37.6 Å². The van der Waals surface area contributed by atoms with Crippen molar-refractivity contribution in [3.05, 3.63) is 94.9 Å². The fourth-order valence-corrected chi connectivity index (χ4v) is 6.72. The van der Waals surface area contributed by atoms with E-state index in [1.54, 1.807) is 31.1 Å². The van der Waals surface area contributed by atoms with Gasteiger partial charge in [0.25, 0.3) is 0 Å². The van der Waals surface area contributed by atoms with Crippen LogP contribution in [0.25, 0.3) is 5.65 Å². The molecule has 14 heteroatoms. The maximum absolute atomic E-state index is 11.9. The minimum absolute atomic E-state index is 0.0747. The van der Waals surface area contributed by atoms with Crippen LogP contribution in [0.4, 0.5) is 16.4 Å². The van der Waals surface area contributed by atoms with Crippen molar-refractivity contribution in [1.29, 1.82) is 0 Å². The molecule has 0 spiro atoms. The summed E-state index contributed by atoms with van der Waals surface area (Å²) < 4.78 is 18.7. The number of aliphatic hydroxyl groups excluding tert-OH is 1. The first-order valence-electron chi connectivity index (χ1n) is 18.0. The van der Waals surface area contributed by atoms with Crippen LogP contribution in [0.3, 0.4) is 0 Å². The average Bonchev–Trinajstić information content (AvgIpc) is 3.58. The zero-order valence-corrected chi connectivity index (χ0v) is 30.9. The molecule has 2 unspecified atom stereocenters. The number of ether oxygens (including phenoxy) is 3. The van der Waals surface area contributed by atoms with Gasteiger partial charge in [-0.2, -0.15) is 4.98 Å². The van der Waals surface area contributed by atoms with E-state index in [2.05, 4.69) is 22.0 Å². The summed E-state index contributed by atoms with van der Waals surface area (Å²) in [4.78, 5) is 29.9. The molecule has 1 saturated heterocycles. The van der Waals surface area contributed by atoms with Gasteiger partial charge in [-0.05, 0) is 80.1 Å². The Hall–Kier alpha value is -5.63. The quantitative estimate of drug-likeness (QED) is 0.117. The SMILES string of the molecule is CCCC(C)Oc1nc(N(Cc2ccc(OC)cc2)Cc2ccc(OC)cc2)c2ncc(C(O)c3cnc(N4CCC(NC(=O)O)CC4)c(C)c3)n2n1. The van der Waals surface area contributed by atoms with Crippen molar-refractivity contribution in [2.24, 2.45) is 0 Å². The third-order valence-corrected chi connectivity index (χ3v) is 9.51. The Bertz CT molecular complexity index is 1930. The Morgan fingerprint density at radius 2 is 1.60 bits per heavy atom. The van der Waals surface area contributed by atoms with E-state index >= 15 is 0 Å². The normalized spacial score (nSPS) is 14.5. The molecule has 1 aliphatic rings. The highest BCUT2D eigenvalue weighted by Gasteiger charge is 2.26. The molecule has 1 fully saturated rings. The van der Waals surface area contributed by atoms with Gasteiger partial charge in [0.15, 0.2) is 11.5 Å². The molecule has 0 bridgehead atoms. The molecule has 14 nitrogen and oxygen atoms in total. The topological polar surface area (TPSA) is 160 Å². The molecule has 280 valence electrons. The number of carboxylic acid groups (broad SMARTS) is 1. The fraction of sp³-hybridized carbons (Fsp3) is 0.410. The monoisotopic (exact) mass is 724 g/mol. The maximum Gasteiger partial charge on any atom is 0.404 e. The number of nitrogens with one attached hydrogen (secondary N) is 1. The van der Waals surface area contributed by atoms with E-state index in [-0.39, 0.29) is 18.2 Å². The molecule has 3 aromatic heterocycles. The average molecular weight is 725 g/mol. The Balaban J connectivity index is 1.36. The summed E-state index contributed by atoms with van der Waals surface area (Å²) in [6.45, 7) is 8.40. The van der Waals surface area contributed by atoms with Crippen molar-refractivity contribution in [2.75, 3.05) is 37.1 Å². The minimum atomic E-state index is -1.10. The standard InChI is InChI=1S/C39H48N8O6/c1-6-7-26(3)53-38-43-37(46(23-27-8-12-31(51-4)13-9-27)24-28-10-14-32(52-5)15-11-28)36-41-22-33(47(36)44-38)34(48)29-20-25(2)35(40-21-29)45-18-16-30(17-19-45)42-39(49)50/h8-15,20-22,26,30,34,42,48H,6-7,16-19,23-24H2,1-5H3,(H,49,50). The maximum atomic E-state index is 11.9. The van der Waals surface area contributed by atoms with Gasteiger partial charge in [-0.25, -0.2) is 19.3 Å². The molecule has 53 heavy (non-hydrogen) atoms. The molecule has 6 rings (SSSR count). The lowest BCUT2D eigenvalue weighted by Crippen LogP contribution is -2.44. The third-order valence-electron chi connectivity index (χ3n) is 9.51. The number of fused-ring (bicyclic) bond motifs is 1. The predicted octanol–water partition coefficient (Wildman–Crippen LogP) is 5.94. The van der Waals surface area contributed by atoms with Gasteiger partial charge in [0.05, 0.1) is 32.2 Å². The van der Waals surface area contributed by atoms with E-state index in [9.17, 15) is 9.90 Å². The van der Waals surface area contributed by atoms with Crippen LogP contribution < -0.4 is 29.3 Å². The number of rotatable bonds is 15. The number of pyridine rings is 1. The molecule has 0 saturated carbocycles. The first-order valence-corrected chi connectivity index (χ1v) is 18.0. The highest BCUT2D eigenvalue weighted by molar-refractivity contribution is 5.66. The van der Waals surface area contributed by atoms with Crippen LogP contribution in [0.15, 0.2) is 67.0 Å². The summed E-state index contributed by atoms with van der Waals surface area (Å²) in [7, 11) is 3.29. The Labute approximate surface area is 309 Å². The molecule has 5 aromatic rings. The van der Waals surface area contributed by atoms with Gasteiger partial charge in [0.2, 0.25) is 0 Å². The lowest BCUT2D eigenvalue weighted by Gasteiger charge is -2.33. The largest absolute Gasteiger partial charge is 0.497 e. The molecule has 1 aliphatic heterocycles. The van der Waals surface area contributed by atoms with Crippen molar-refractivity contribution < 1.29 is 29.2 Å². The van der Waals surface area contributed by atoms with E-state index in [1.807, 2.05) is 68.4 Å². The number of imidazole rings is 1.